The Hall–Kier alpha value is -2.15. The molecule has 0 saturated carbocycles. The van der Waals surface area contributed by atoms with Crippen molar-refractivity contribution in [1.29, 1.82) is 0 Å². The normalized spacial score (nSPS) is 10.8. The molecule has 2 N–H and O–H groups in total. The maximum atomic E-state index is 11.6. The van der Waals surface area contributed by atoms with Gasteiger partial charge in [-0.3, -0.25) is 5.43 Å². The second kappa shape index (κ2) is 7.74. The standard InChI is InChI=1S/C15H24N2O5/c1-15(2,3)22-14(18)17-16-9-11-12(20-5)7-10(19-4)8-13(11)21-6/h7-8,16H,9H2,1-6H3,(H,17,18). The highest BCUT2D eigenvalue weighted by atomic mass is 16.6. The first-order valence-electron chi connectivity index (χ1n) is 6.81. The van der Waals surface area contributed by atoms with E-state index in [-0.39, 0.29) is 0 Å². The molecule has 1 rings (SSSR count). The van der Waals surface area contributed by atoms with Crippen molar-refractivity contribution in [3.8, 4) is 17.2 Å². The summed E-state index contributed by atoms with van der Waals surface area (Å²) >= 11 is 0. The van der Waals surface area contributed by atoms with Crippen LogP contribution >= 0.6 is 0 Å². The first-order chi connectivity index (χ1) is 10.3. The minimum absolute atomic E-state index is 0.301. The number of hydrogen-bond donors (Lipinski definition) is 2. The number of nitrogens with one attached hydrogen (secondary N) is 2. The minimum Gasteiger partial charge on any atom is -0.496 e. The van der Waals surface area contributed by atoms with Crippen LogP contribution in [0.25, 0.3) is 0 Å². The van der Waals surface area contributed by atoms with Gasteiger partial charge in [0.2, 0.25) is 0 Å². The summed E-state index contributed by atoms with van der Waals surface area (Å²) in [5, 5.41) is 0. The van der Waals surface area contributed by atoms with Gasteiger partial charge in [-0.2, -0.15) is 0 Å². The molecule has 0 fully saturated rings. The molecule has 1 amide bonds. The summed E-state index contributed by atoms with van der Waals surface area (Å²) in [6.07, 6.45) is -0.557. The van der Waals surface area contributed by atoms with E-state index in [1.807, 2.05) is 0 Å². The Morgan fingerprint density at radius 2 is 1.59 bits per heavy atom. The first-order valence-corrected chi connectivity index (χ1v) is 6.81. The second-order valence-corrected chi connectivity index (χ2v) is 5.49. The summed E-state index contributed by atoms with van der Waals surface area (Å²) < 4.78 is 21.0. The van der Waals surface area contributed by atoms with Crippen molar-refractivity contribution in [2.75, 3.05) is 21.3 Å². The molecule has 0 bridgehead atoms. The molecule has 0 atom stereocenters. The number of hydrazine groups is 1. The Bertz CT molecular complexity index is 486. The lowest BCUT2D eigenvalue weighted by Crippen LogP contribution is -2.40. The monoisotopic (exact) mass is 312 g/mol. The maximum absolute atomic E-state index is 11.6. The van der Waals surface area contributed by atoms with Gasteiger partial charge >= 0.3 is 6.09 Å². The Balaban J connectivity index is 2.74. The van der Waals surface area contributed by atoms with E-state index in [1.165, 1.54) is 0 Å². The molecule has 22 heavy (non-hydrogen) atoms. The topological polar surface area (TPSA) is 78.1 Å². The Morgan fingerprint density at radius 1 is 1.05 bits per heavy atom. The average molecular weight is 312 g/mol. The summed E-state index contributed by atoms with van der Waals surface area (Å²) in [7, 11) is 4.67. The van der Waals surface area contributed by atoms with Gasteiger partial charge in [-0.25, -0.2) is 10.2 Å². The van der Waals surface area contributed by atoms with E-state index in [0.29, 0.717) is 23.8 Å². The van der Waals surface area contributed by atoms with Gasteiger partial charge in [-0.1, -0.05) is 0 Å². The Morgan fingerprint density at radius 3 is 2.00 bits per heavy atom. The quantitative estimate of drug-likeness (QED) is 0.784. The molecule has 0 spiro atoms. The number of rotatable bonds is 6. The maximum Gasteiger partial charge on any atom is 0.422 e. The molecule has 0 aliphatic rings. The molecule has 1 aromatic rings. The minimum atomic E-state index is -0.557. The molecule has 1 aromatic carbocycles. The number of ether oxygens (including phenoxy) is 4. The number of methoxy groups -OCH3 is 3. The molecule has 0 saturated heterocycles. The first kappa shape index (κ1) is 17.9. The summed E-state index contributed by atoms with van der Waals surface area (Å²) in [6.45, 7) is 5.68. The van der Waals surface area contributed by atoms with Crippen LogP contribution < -0.4 is 25.1 Å². The van der Waals surface area contributed by atoms with E-state index in [2.05, 4.69) is 10.9 Å². The lowest BCUT2D eigenvalue weighted by molar-refractivity contribution is 0.0496. The van der Waals surface area contributed by atoms with Crippen molar-refractivity contribution < 1.29 is 23.7 Å². The number of carbonyl (C=O) groups excluding carboxylic acids is 1. The van der Waals surface area contributed by atoms with Gasteiger partial charge in [0.25, 0.3) is 0 Å². The van der Waals surface area contributed by atoms with Crippen molar-refractivity contribution in [2.45, 2.75) is 32.9 Å². The van der Waals surface area contributed by atoms with Crippen LogP contribution in [0.5, 0.6) is 17.2 Å². The Kier molecular flexibility index (Phi) is 6.30. The number of benzene rings is 1. The molecule has 124 valence electrons. The van der Waals surface area contributed by atoms with Gasteiger partial charge in [0.15, 0.2) is 0 Å². The van der Waals surface area contributed by atoms with E-state index < -0.39 is 11.7 Å². The van der Waals surface area contributed by atoms with Gasteiger partial charge in [-0.15, -0.1) is 0 Å². The zero-order valence-corrected chi connectivity index (χ0v) is 13.9. The van der Waals surface area contributed by atoms with Gasteiger partial charge in [0.1, 0.15) is 22.8 Å². The smallest absolute Gasteiger partial charge is 0.422 e. The van der Waals surface area contributed by atoms with Crippen molar-refractivity contribution >= 4 is 6.09 Å². The second-order valence-electron chi connectivity index (χ2n) is 5.49. The van der Waals surface area contributed by atoms with Crippen LogP contribution in [0.15, 0.2) is 12.1 Å². The molecular weight excluding hydrogens is 288 g/mol. The van der Waals surface area contributed by atoms with Crippen LogP contribution in [0.1, 0.15) is 26.3 Å². The predicted octanol–water partition coefficient (Wildman–Crippen LogP) is 2.24. The highest BCUT2D eigenvalue weighted by Crippen LogP contribution is 2.33. The zero-order valence-electron chi connectivity index (χ0n) is 13.9. The van der Waals surface area contributed by atoms with E-state index in [4.69, 9.17) is 18.9 Å². The van der Waals surface area contributed by atoms with Crippen molar-refractivity contribution in [3.63, 3.8) is 0 Å². The number of carbonyl (C=O) groups is 1. The van der Waals surface area contributed by atoms with Crippen LogP contribution in [-0.2, 0) is 11.3 Å². The molecule has 0 heterocycles. The fourth-order valence-corrected chi connectivity index (χ4v) is 1.76. The molecule has 0 radical (unpaired) electrons. The zero-order chi connectivity index (χ0) is 16.8. The highest BCUT2D eigenvalue weighted by Gasteiger charge is 2.17. The van der Waals surface area contributed by atoms with Crippen molar-refractivity contribution in [1.82, 2.24) is 10.9 Å². The fourth-order valence-electron chi connectivity index (χ4n) is 1.76. The molecule has 7 nitrogen and oxygen atoms in total. The van der Waals surface area contributed by atoms with E-state index in [1.54, 1.807) is 54.2 Å². The lowest BCUT2D eigenvalue weighted by Gasteiger charge is -2.20. The molecule has 0 unspecified atom stereocenters. The molecule has 0 aliphatic carbocycles. The number of hydrogen-bond acceptors (Lipinski definition) is 6. The molecule has 7 heteroatoms. The third kappa shape index (κ3) is 5.33. The fraction of sp³-hybridized carbons (Fsp3) is 0.533. The van der Waals surface area contributed by atoms with Crippen LogP contribution in [0.3, 0.4) is 0 Å². The van der Waals surface area contributed by atoms with E-state index in [0.717, 1.165) is 5.56 Å². The summed E-state index contributed by atoms with van der Waals surface area (Å²) in [6, 6.07) is 3.49. The van der Waals surface area contributed by atoms with Crippen LogP contribution in [0.2, 0.25) is 0 Å². The van der Waals surface area contributed by atoms with Crippen molar-refractivity contribution in [3.05, 3.63) is 17.7 Å². The Labute approximate surface area is 130 Å². The van der Waals surface area contributed by atoms with Crippen LogP contribution in [0.4, 0.5) is 4.79 Å². The highest BCUT2D eigenvalue weighted by molar-refractivity contribution is 5.67. The predicted molar refractivity (Wildman–Crippen MR) is 82.3 cm³/mol. The third-order valence-electron chi connectivity index (χ3n) is 2.67. The average Bonchev–Trinajstić information content (AvgIpc) is 2.45. The van der Waals surface area contributed by atoms with Gasteiger partial charge in [-0.05, 0) is 20.8 Å². The summed E-state index contributed by atoms with van der Waals surface area (Å²) in [5.41, 5.74) is 5.45. The summed E-state index contributed by atoms with van der Waals surface area (Å²) in [4.78, 5) is 11.6. The van der Waals surface area contributed by atoms with Crippen LogP contribution in [-0.4, -0.2) is 33.0 Å². The SMILES string of the molecule is COc1cc(OC)c(CNNC(=O)OC(C)(C)C)c(OC)c1. The largest absolute Gasteiger partial charge is 0.496 e. The molecular formula is C15H24N2O5. The van der Waals surface area contributed by atoms with Gasteiger partial charge in [0.05, 0.1) is 26.9 Å². The number of amides is 1. The summed E-state index contributed by atoms with van der Waals surface area (Å²) in [5.74, 6) is 1.81. The van der Waals surface area contributed by atoms with Gasteiger partial charge < -0.3 is 18.9 Å². The van der Waals surface area contributed by atoms with E-state index in [9.17, 15) is 4.79 Å². The van der Waals surface area contributed by atoms with E-state index >= 15 is 0 Å². The third-order valence-corrected chi connectivity index (χ3v) is 2.67. The van der Waals surface area contributed by atoms with Crippen molar-refractivity contribution in [2.24, 2.45) is 0 Å². The lowest BCUT2D eigenvalue weighted by atomic mass is 10.1. The molecule has 0 aliphatic heterocycles. The molecule has 0 aromatic heterocycles. The van der Waals surface area contributed by atoms with Gasteiger partial charge in [0, 0.05) is 18.7 Å². The van der Waals surface area contributed by atoms with Crippen LogP contribution in [0, 0.1) is 0 Å².